The van der Waals surface area contributed by atoms with Crippen molar-refractivity contribution < 1.29 is 13.2 Å². The fraction of sp³-hybridized carbons (Fsp3) is 0.250. The van der Waals surface area contributed by atoms with Gasteiger partial charge in [-0.05, 0) is 72.1 Å². The van der Waals surface area contributed by atoms with Crippen LogP contribution < -0.4 is 9.73 Å². The number of carbonyl (C=O) groups excluding carboxylic acids is 1. The molecular formula is C24H27BrN4O3S. The molecule has 2 aromatic carbocycles. The summed E-state index contributed by atoms with van der Waals surface area (Å²) < 4.78 is 28.7. The van der Waals surface area contributed by atoms with E-state index in [1.54, 1.807) is 18.3 Å². The molecule has 0 saturated carbocycles. The van der Waals surface area contributed by atoms with Crippen LogP contribution in [-0.2, 0) is 21.2 Å². The molecule has 33 heavy (non-hydrogen) atoms. The Hall–Kier alpha value is -2.91. The summed E-state index contributed by atoms with van der Waals surface area (Å²) in [5.41, 5.74) is 7.80. The van der Waals surface area contributed by atoms with E-state index < -0.39 is 15.9 Å². The Balaban J connectivity index is 1.74. The van der Waals surface area contributed by atoms with Crippen LogP contribution in [0, 0.1) is 13.8 Å². The zero-order valence-electron chi connectivity index (χ0n) is 19.0. The van der Waals surface area contributed by atoms with Gasteiger partial charge in [0.2, 0.25) is 10.0 Å². The van der Waals surface area contributed by atoms with Crippen molar-refractivity contribution in [3.63, 3.8) is 0 Å². The lowest BCUT2D eigenvalue weighted by molar-refractivity contribution is -0.119. The molecule has 1 amide bonds. The minimum atomic E-state index is -3.64. The number of hydrazone groups is 1. The van der Waals surface area contributed by atoms with Crippen LogP contribution in [0.3, 0.4) is 0 Å². The molecule has 0 aliphatic rings. The zero-order valence-corrected chi connectivity index (χ0v) is 21.4. The van der Waals surface area contributed by atoms with Crippen LogP contribution in [0.15, 0.2) is 64.2 Å². The first-order valence-electron chi connectivity index (χ1n) is 10.4. The first-order chi connectivity index (χ1) is 15.6. The highest BCUT2D eigenvalue weighted by atomic mass is 79.9. The summed E-state index contributed by atoms with van der Waals surface area (Å²) in [6.07, 6.45) is 3.48. The van der Waals surface area contributed by atoms with Crippen molar-refractivity contribution in [2.24, 2.45) is 5.10 Å². The number of benzene rings is 2. The molecule has 1 aromatic heterocycles. The van der Waals surface area contributed by atoms with Crippen molar-refractivity contribution in [1.82, 2.24) is 9.99 Å². The van der Waals surface area contributed by atoms with E-state index in [1.165, 1.54) is 0 Å². The number of amides is 1. The van der Waals surface area contributed by atoms with Crippen molar-refractivity contribution in [3.8, 4) is 5.69 Å². The van der Waals surface area contributed by atoms with Crippen LogP contribution in [0.4, 0.5) is 5.69 Å². The van der Waals surface area contributed by atoms with E-state index in [1.807, 2.05) is 63.2 Å². The maximum atomic E-state index is 12.5. The average molecular weight is 531 g/mol. The number of sulfonamides is 1. The summed E-state index contributed by atoms with van der Waals surface area (Å²) in [6, 6.07) is 17.0. The number of halogens is 1. The fourth-order valence-electron chi connectivity index (χ4n) is 3.56. The summed E-state index contributed by atoms with van der Waals surface area (Å²) in [5, 5.41) is 4.06. The van der Waals surface area contributed by atoms with Crippen LogP contribution in [0.2, 0.25) is 0 Å². The Morgan fingerprint density at radius 3 is 2.42 bits per heavy atom. The van der Waals surface area contributed by atoms with Crippen molar-refractivity contribution in [2.75, 3.05) is 17.1 Å². The number of para-hydroxylation sites is 1. The quantitative estimate of drug-likeness (QED) is 0.347. The third-order valence-electron chi connectivity index (χ3n) is 5.28. The second-order valence-electron chi connectivity index (χ2n) is 7.70. The molecule has 0 unspecified atom stereocenters. The Kier molecular flexibility index (Phi) is 7.76. The predicted molar refractivity (Wildman–Crippen MR) is 137 cm³/mol. The number of hydrogen-bond donors (Lipinski definition) is 1. The van der Waals surface area contributed by atoms with E-state index in [0.717, 1.165) is 49.7 Å². The molecule has 0 fully saturated rings. The van der Waals surface area contributed by atoms with Gasteiger partial charge in [-0.3, -0.25) is 9.10 Å². The van der Waals surface area contributed by atoms with Gasteiger partial charge in [0.15, 0.2) is 0 Å². The minimum absolute atomic E-state index is 0.363. The molecule has 0 saturated heterocycles. The lowest BCUT2D eigenvalue weighted by Gasteiger charge is -2.21. The number of nitrogens with zero attached hydrogens (tertiary/aromatic N) is 3. The molecule has 7 nitrogen and oxygen atoms in total. The third kappa shape index (κ3) is 5.91. The largest absolute Gasteiger partial charge is 0.317 e. The topological polar surface area (TPSA) is 83.8 Å². The number of aromatic nitrogens is 1. The third-order valence-corrected chi connectivity index (χ3v) is 7.09. The van der Waals surface area contributed by atoms with E-state index in [9.17, 15) is 13.2 Å². The molecule has 0 bridgehead atoms. The Labute approximate surface area is 203 Å². The zero-order chi connectivity index (χ0) is 24.2. The Morgan fingerprint density at radius 2 is 1.82 bits per heavy atom. The molecule has 9 heteroatoms. The Morgan fingerprint density at radius 1 is 1.15 bits per heavy atom. The van der Waals surface area contributed by atoms with Gasteiger partial charge in [-0.1, -0.05) is 31.2 Å². The van der Waals surface area contributed by atoms with E-state index >= 15 is 0 Å². The first kappa shape index (κ1) is 24.7. The number of aryl methyl sites for hydroxylation is 2. The average Bonchev–Trinajstić information content (AvgIpc) is 3.05. The van der Waals surface area contributed by atoms with Gasteiger partial charge in [0.1, 0.15) is 6.54 Å². The molecule has 0 aliphatic carbocycles. The number of carbonyl (C=O) groups is 1. The second-order valence-corrected chi connectivity index (χ2v) is 10.5. The molecule has 0 spiro atoms. The number of hydrogen-bond acceptors (Lipinski definition) is 4. The van der Waals surface area contributed by atoms with Crippen molar-refractivity contribution in [1.29, 1.82) is 0 Å². The lowest BCUT2D eigenvalue weighted by atomic mass is 10.1. The number of rotatable bonds is 8. The van der Waals surface area contributed by atoms with Crippen LogP contribution in [-0.4, -0.2) is 37.9 Å². The summed E-state index contributed by atoms with van der Waals surface area (Å²) in [7, 11) is -3.64. The van der Waals surface area contributed by atoms with Crippen molar-refractivity contribution in [3.05, 3.63) is 81.6 Å². The van der Waals surface area contributed by atoms with Crippen molar-refractivity contribution in [2.45, 2.75) is 27.2 Å². The summed E-state index contributed by atoms with van der Waals surface area (Å²) in [6.45, 7) is 5.62. The molecular weight excluding hydrogens is 504 g/mol. The number of nitrogens with one attached hydrogen (secondary N) is 1. The van der Waals surface area contributed by atoms with Gasteiger partial charge < -0.3 is 4.57 Å². The van der Waals surface area contributed by atoms with Gasteiger partial charge in [0.05, 0.1) is 23.8 Å². The smallest absolute Gasteiger partial charge is 0.260 e. The van der Waals surface area contributed by atoms with Gasteiger partial charge in [-0.2, -0.15) is 5.10 Å². The molecule has 3 rings (SSSR count). The van der Waals surface area contributed by atoms with Gasteiger partial charge >= 0.3 is 0 Å². The van der Waals surface area contributed by atoms with Gasteiger partial charge in [-0.15, -0.1) is 0 Å². The van der Waals surface area contributed by atoms with Crippen LogP contribution in [0.25, 0.3) is 5.69 Å². The molecule has 0 aliphatic heterocycles. The SMILES string of the molecule is CCc1ccc(N(CC(=O)N/N=C\c2cc(C)n(-c3ccccc3Br)c2C)S(C)(=O)=O)cc1. The normalized spacial score (nSPS) is 11.7. The lowest BCUT2D eigenvalue weighted by Crippen LogP contribution is -2.39. The summed E-state index contributed by atoms with van der Waals surface area (Å²) in [5.74, 6) is -0.532. The number of anilines is 1. The maximum absolute atomic E-state index is 12.5. The molecule has 0 radical (unpaired) electrons. The van der Waals surface area contributed by atoms with Crippen LogP contribution in [0.1, 0.15) is 29.4 Å². The van der Waals surface area contributed by atoms with E-state index in [0.29, 0.717) is 5.69 Å². The van der Waals surface area contributed by atoms with Gasteiger partial charge in [0.25, 0.3) is 5.91 Å². The van der Waals surface area contributed by atoms with E-state index in [2.05, 4.69) is 31.0 Å². The first-order valence-corrected chi connectivity index (χ1v) is 13.1. The highest BCUT2D eigenvalue weighted by Gasteiger charge is 2.20. The summed E-state index contributed by atoms with van der Waals surface area (Å²) >= 11 is 3.58. The molecule has 1 heterocycles. The van der Waals surface area contributed by atoms with Gasteiger partial charge in [-0.25, -0.2) is 13.8 Å². The fourth-order valence-corrected chi connectivity index (χ4v) is 4.88. The minimum Gasteiger partial charge on any atom is -0.317 e. The van der Waals surface area contributed by atoms with Crippen LogP contribution >= 0.6 is 15.9 Å². The van der Waals surface area contributed by atoms with Crippen molar-refractivity contribution >= 4 is 43.8 Å². The molecule has 0 atom stereocenters. The van der Waals surface area contributed by atoms with E-state index in [-0.39, 0.29) is 6.54 Å². The van der Waals surface area contributed by atoms with Crippen LogP contribution in [0.5, 0.6) is 0 Å². The highest BCUT2D eigenvalue weighted by molar-refractivity contribution is 9.10. The predicted octanol–water partition coefficient (Wildman–Crippen LogP) is 4.34. The van der Waals surface area contributed by atoms with Gasteiger partial charge in [0, 0.05) is 21.4 Å². The Bertz CT molecular complexity index is 1280. The summed E-state index contributed by atoms with van der Waals surface area (Å²) in [4.78, 5) is 12.5. The molecule has 174 valence electrons. The standard InChI is InChI=1S/C24H27BrN4O3S/c1-5-19-10-12-21(13-11-19)28(33(4,31)32)16-24(30)27-26-15-20-14-17(2)29(18(20)3)23-9-7-6-8-22(23)25/h6-15H,5,16H2,1-4H3,(H,27,30)/b26-15-. The molecule has 3 aromatic rings. The molecule has 1 N–H and O–H groups in total. The second kappa shape index (κ2) is 10.4. The highest BCUT2D eigenvalue weighted by Crippen LogP contribution is 2.26. The monoisotopic (exact) mass is 530 g/mol. The maximum Gasteiger partial charge on any atom is 0.260 e. The van der Waals surface area contributed by atoms with E-state index in [4.69, 9.17) is 0 Å².